The molecule has 0 spiro atoms. The van der Waals surface area contributed by atoms with Gasteiger partial charge in [-0.3, -0.25) is 9.78 Å². The first-order chi connectivity index (χ1) is 6.75. The van der Waals surface area contributed by atoms with Crippen LogP contribution >= 0.6 is 0 Å². The largest absolute Gasteiger partial charge is 0.294 e. The molecule has 2 rings (SSSR count). The molecule has 0 fully saturated rings. The van der Waals surface area contributed by atoms with Gasteiger partial charge in [-0.25, -0.2) is 0 Å². The third-order valence-electron chi connectivity index (χ3n) is 2.15. The van der Waals surface area contributed by atoms with Gasteiger partial charge in [0.25, 0.3) is 0 Å². The van der Waals surface area contributed by atoms with Crippen LogP contribution in [0.4, 0.5) is 0 Å². The van der Waals surface area contributed by atoms with Gasteiger partial charge in [0.15, 0.2) is 5.78 Å². The van der Waals surface area contributed by atoms with Gasteiger partial charge < -0.3 is 0 Å². The quantitative estimate of drug-likeness (QED) is 0.619. The lowest BCUT2D eigenvalue weighted by Crippen LogP contribution is -2.03. The number of allylic oxidation sites excluding steroid dienone is 3. The van der Waals surface area contributed by atoms with Gasteiger partial charge in [-0.2, -0.15) is 0 Å². The number of nitrogens with zero attached hydrogens (tertiary/aromatic N) is 1. The minimum absolute atomic E-state index is 0.128. The van der Waals surface area contributed by atoms with Crippen molar-refractivity contribution in [1.29, 1.82) is 0 Å². The van der Waals surface area contributed by atoms with Crippen molar-refractivity contribution in [1.82, 2.24) is 4.98 Å². The molecular weight excluding hydrogens is 174 g/mol. The fourth-order valence-electron chi connectivity index (χ4n) is 1.49. The van der Waals surface area contributed by atoms with Crippen molar-refractivity contribution in [2.75, 3.05) is 0 Å². The Morgan fingerprint density at radius 3 is 2.93 bits per heavy atom. The zero-order valence-electron chi connectivity index (χ0n) is 8.03. The van der Waals surface area contributed by atoms with Gasteiger partial charge in [-0.1, -0.05) is 18.2 Å². The monoisotopic (exact) mass is 185 g/mol. The predicted molar refractivity (Wildman–Crippen MR) is 55.9 cm³/mol. The smallest absolute Gasteiger partial charge is 0.160 e. The highest BCUT2D eigenvalue weighted by atomic mass is 16.1. The molecule has 0 unspecified atom stereocenters. The molecule has 14 heavy (non-hydrogen) atoms. The molecular formula is C12H11NO. The van der Waals surface area contributed by atoms with Crippen LogP contribution < -0.4 is 0 Å². The Bertz CT molecular complexity index is 430. The lowest BCUT2D eigenvalue weighted by atomic mass is 10.0. The first kappa shape index (κ1) is 8.88. The fraction of sp³-hybridized carbons (Fsp3) is 0.167. The summed E-state index contributed by atoms with van der Waals surface area (Å²) >= 11 is 0. The Labute approximate surface area is 83.0 Å². The number of hydrogen-bond donors (Lipinski definition) is 0. The van der Waals surface area contributed by atoms with E-state index < -0.39 is 0 Å². The Hall–Kier alpha value is -1.70. The van der Waals surface area contributed by atoms with E-state index in [1.807, 2.05) is 31.3 Å². The molecule has 2 nitrogen and oxygen atoms in total. The summed E-state index contributed by atoms with van der Waals surface area (Å²) in [5.74, 6) is 0.128. The van der Waals surface area contributed by atoms with E-state index in [4.69, 9.17) is 0 Å². The molecule has 0 N–H and O–H groups in total. The molecule has 0 amide bonds. The number of rotatable bonds is 0. The second-order valence-electron chi connectivity index (χ2n) is 3.42. The van der Waals surface area contributed by atoms with E-state index in [1.165, 1.54) is 0 Å². The summed E-state index contributed by atoms with van der Waals surface area (Å²) < 4.78 is 0. The molecule has 0 atom stereocenters. The van der Waals surface area contributed by atoms with E-state index in [1.54, 1.807) is 12.2 Å². The van der Waals surface area contributed by atoms with Crippen LogP contribution in [0.2, 0.25) is 0 Å². The van der Waals surface area contributed by atoms with E-state index in [0.717, 1.165) is 16.8 Å². The van der Waals surface area contributed by atoms with Crippen molar-refractivity contribution in [3.05, 3.63) is 47.3 Å². The SMILES string of the molecule is Cc1cnc2c(c1)CC(=O)/C=C/C=C\2. The van der Waals surface area contributed by atoms with Gasteiger partial charge in [-0.05, 0) is 30.2 Å². The average molecular weight is 185 g/mol. The number of pyridine rings is 1. The van der Waals surface area contributed by atoms with E-state index in [9.17, 15) is 4.79 Å². The highest BCUT2D eigenvalue weighted by molar-refractivity contribution is 5.92. The van der Waals surface area contributed by atoms with Gasteiger partial charge in [0.2, 0.25) is 0 Å². The number of aromatic nitrogens is 1. The molecule has 0 saturated heterocycles. The van der Waals surface area contributed by atoms with Crippen molar-refractivity contribution >= 4 is 11.9 Å². The van der Waals surface area contributed by atoms with Crippen LogP contribution in [-0.4, -0.2) is 10.8 Å². The van der Waals surface area contributed by atoms with Gasteiger partial charge in [0.1, 0.15) is 0 Å². The zero-order valence-corrected chi connectivity index (χ0v) is 8.03. The summed E-state index contributed by atoms with van der Waals surface area (Å²) in [6, 6.07) is 2.02. The van der Waals surface area contributed by atoms with Crippen molar-refractivity contribution in [3.8, 4) is 0 Å². The first-order valence-corrected chi connectivity index (χ1v) is 4.59. The standard InChI is InChI=1S/C12H11NO/c1-9-6-10-7-11(14)4-2-3-5-12(10)13-8-9/h2-6,8H,7H2,1H3/b4-2+,5-3-. The molecule has 1 aliphatic rings. The van der Waals surface area contributed by atoms with Crippen molar-refractivity contribution in [2.45, 2.75) is 13.3 Å². The normalized spacial score (nSPS) is 19.4. The molecule has 70 valence electrons. The molecule has 0 bridgehead atoms. The zero-order chi connectivity index (χ0) is 9.97. The molecule has 0 aliphatic heterocycles. The first-order valence-electron chi connectivity index (χ1n) is 4.59. The van der Waals surface area contributed by atoms with E-state index in [2.05, 4.69) is 4.98 Å². The maximum Gasteiger partial charge on any atom is 0.160 e. The van der Waals surface area contributed by atoms with E-state index in [0.29, 0.717) is 6.42 Å². The highest BCUT2D eigenvalue weighted by Gasteiger charge is 2.07. The summed E-state index contributed by atoms with van der Waals surface area (Å²) in [6.07, 6.45) is 9.40. The molecule has 0 aromatic carbocycles. The summed E-state index contributed by atoms with van der Waals surface area (Å²) in [4.78, 5) is 15.6. The summed E-state index contributed by atoms with van der Waals surface area (Å²) in [7, 11) is 0. The molecule has 2 heteroatoms. The van der Waals surface area contributed by atoms with Gasteiger partial charge in [0, 0.05) is 12.6 Å². The number of fused-ring (bicyclic) bond motifs is 1. The number of ketones is 1. The van der Waals surface area contributed by atoms with Crippen LogP contribution in [0.1, 0.15) is 16.8 Å². The predicted octanol–water partition coefficient (Wildman–Crippen LogP) is 2.08. The molecule has 1 heterocycles. The van der Waals surface area contributed by atoms with Crippen molar-refractivity contribution in [3.63, 3.8) is 0 Å². The van der Waals surface area contributed by atoms with Crippen LogP contribution in [0.3, 0.4) is 0 Å². The van der Waals surface area contributed by atoms with Crippen LogP contribution in [0, 0.1) is 6.92 Å². The summed E-state index contributed by atoms with van der Waals surface area (Å²) in [5.41, 5.74) is 3.00. The minimum Gasteiger partial charge on any atom is -0.294 e. The Morgan fingerprint density at radius 1 is 1.29 bits per heavy atom. The topological polar surface area (TPSA) is 30.0 Å². The van der Waals surface area contributed by atoms with Crippen LogP contribution in [0.15, 0.2) is 30.5 Å². The average Bonchev–Trinajstić information content (AvgIpc) is 2.12. The van der Waals surface area contributed by atoms with Crippen LogP contribution in [0.25, 0.3) is 6.08 Å². The summed E-state index contributed by atoms with van der Waals surface area (Å²) in [6.45, 7) is 1.98. The number of carbonyl (C=O) groups excluding carboxylic acids is 1. The Kier molecular flexibility index (Phi) is 2.27. The Morgan fingerprint density at radius 2 is 2.07 bits per heavy atom. The van der Waals surface area contributed by atoms with Crippen molar-refractivity contribution < 1.29 is 4.79 Å². The molecule has 1 aromatic heterocycles. The second kappa shape index (κ2) is 3.58. The number of aryl methyl sites for hydroxylation is 1. The highest BCUT2D eigenvalue weighted by Crippen LogP contribution is 2.13. The minimum atomic E-state index is 0.128. The van der Waals surface area contributed by atoms with E-state index >= 15 is 0 Å². The lowest BCUT2D eigenvalue weighted by Gasteiger charge is -2.05. The lowest BCUT2D eigenvalue weighted by molar-refractivity contribution is -0.114. The number of hydrogen-bond acceptors (Lipinski definition) is 2. The maximum atomic E-state index is 11.4. The molecule has 1 aliphatic carbocycles. The van der Waals surface area contributed by atoms with E-state index in [-0.39, 0.29) is 5.78 Å². The second-order valence-corrected chi connectivity index (χ2v) is 3.42. The maximum absolute atomic E-state index is 11.4. The molecule has 0 saturated carbocycles. The van der Waals surface area contributed by atoms with Gasteiger partial charge in [0.05, 0.1) is 5.69 Å². The molecule has 1 aromatic rings. The van der Waals surface area contributed by atoms with Crippen LogP contribution in [0.5, 0.6) is 0 Å². The van der Waals surface area contributed by atoms with Crippen LogP contribution in [-0.2, 0) is 11.2 Å². The van der Waals surface area contributed by atoms with Gasteiger partial charge in [-0.15, -0.1) is 0 Å². The number of carbonyl (C=O) groups is 1. The third-order valence-corrected chi connectivity index (χ3v) is 2.15. The summed E-state index contributed by atoms with van der Waals surface area (Å²) in [5, 5.41) is 0. The molecule has 0 radical (unpaired) electrons. The third kappa shape index (κ3) is 1.79. The van der Waals surface area contributed by atoms with Crippen molar-refractivity contribution in [2.24, 2.45) is 0 Å². The fourth-order valence-corrected chi connectivity index (χ4v) is 1.49. The van der Waals surface area contributed by atoms with Gasteiger partial charge >= 0.3 is 0 Å². The Balaban J connectivity index is 2.51.